The Morgan fingerprint density at radius 1 is 0.395 bits per heavy atom. The number of rotatable bonds is 53. The van der Waals surface area contributed by atoms with Crippen molar-refractivity contribution in [1.82, 2.24) is 89.6 Å². The maximum atomic E-state index is 14.9. The van der Waals surface area contributed by atoms with E-state index in [9.17, 15) is 53.1 Å². The molecule has 40 N–H and O–H groups in total. The van der Waals surface area contributed by atoms with Crippen LogP contribution < -0.4 is 146 Å². The van der Waals surface area contributed by atoms with E-state index in [1.54, 1.807) is 6.07 Å². The number of likely N-dealkylation sites (N-methyl/N-ethyl adjacent to an activating group) is 1. The summed E-state index contributed by atoms with van der Waals surface area (Å²) in [4.78, 5) is 144. The molecule has 8 atom stereocenters. The summed E-state index contributed by atoms with van der Waals surface area (Å²) in [5, 5.41) is 109. The molecular weight excluding hydrogens is 1540 g/mol. The Morgan fingerprint density at radius 2 is 0.714 bits per heavy atom. The standard InChI is InChI=1S/C74H121N33O12/c1-90-48(16-8-30-92-68(76)77)60(110)100-50(18-10-32-94-70(80)81)62(112)102-52(20-12-34-96-72(84)85)64(114)104-54(22-14-36-98-74(88)89)66(116)105-53(21-13-35-97-73(86)87)65(115)103-51(19-11-33-95-71(82)83)63(113)101-49(17-9-31-93-69(78)79)61(111)99-47(58(75)108)15-6-7-29-91-59(109)40-23-26-43(46(37-40)67(117)118)57-44-27-24-41(106(2)3)38-55(44)119-56-39-42(107(4)5)25-28-45(56)57/h23-28,37-39,47-54,90H,6-22,29-36H2,1-5H3,(H38-,75,76,77,78,79,80,81,82,83,84,85,86,87,88,89,91,92,93,94,95,96,97,98,99,100,101,102,103,104,105,108,109,110,111,112,113,114,115,116,117,118)/p+1/t47-,48-,49-,50-,51-,52-,53-,54-/m0/s1. The first-order valence-electron chi connectivity index (χ1n) is 38.9. The van der Waals surface area contributed by atoms with Crippen molar-refractivity contribution in [2.75, 3.05) is 92.5 Å². The van der Waals surface area contributed by atoms with Gasteiger partial charge in [-0.2, -0.15) is 0 Å². The molecule has 4 rings (SSSR count). The van der Waals surface area contributed by atoms with Crippen LogP contribution in [0.2, 0.25) is 0 Å². The van der Waals surface area contributed by atoms with E-state index in [2.05, 4.69) is 85.1 Å². The number of nitrogens with two attached hydrogens (primary N) is 8. The molecule has 0 unspecified atom stereocenters. The van der Waals surface area contributed by atoms with Gasteiger partial charge in [0.15, 0.2) is 41.7 Å². The number of unbranched alkanes of at least 4 members (excludes halogenated alkanes) is 1. The third-order valence-corrected chi connectivity index (χ3v) is 18.7. The van der Waals surface area contributed by atoms with E-state index in [1.807, 2.05) is 74.1 Å². The van der Waals surface area contributed by atoms with Crippen LogP contribution in [-0.4, -0.2) is 242 Å². The van der Waals surface area contributed by atoms with Crippen LogP contribution in [0, 0.1) is 37.9 Å². The SMILES string of the molecule is CN[C@@H](CCCNC(=N)N)C(=O)N[C@@H](CCCNC(=N)N)C(=O)N[C@@H](CCCNC(=N)N)C(=O)N[C@@H](CCCNC(=N)N)C(=O)N[C@@H](CCCNC(=N)N)C(=O)N[C@@H](CCCNC(=N)N)C(=O)N[C@@H](CCCNC(=N)N)C(=O)N[C@@H](CCCCNC(=O)c1ccc(-c2c3ccc(=[N+](C)C)cc-3oc3cc(N(C)C)ccc23)c(C(=O)O)c1)C(N)=O. The van der Waals surface area contributed by atoms with Crippen molar-refractivity contribution in [3.63, 3.8) is 0 Å². The Balaban J connectivity index is 1.63. The second-order valence-electron chi connectivity index (χ2n) is 28.5. The predicted octanol–water partition coefficient (Wildman–Crippen LogP) is -5.79. The second-order valence-corrected chi connectivity index (χ2v) is 28.5. The zero-order valence-electron chi connectivity index (χ0n) is 67.9. The molecule has 0 saturated heterocycles. The molecule has 1 heterocycles. The molecule has 0 bridgehead atoms. The number of carboxylic acids is 1. The smallest absolute Gasteiger partial charge is 0.336 e. The van der Waals surface area contributed by atoms with Crippen LogP contribution in [0.3, 0.4) is 0 Å². The zero-order chi connectivity index (χ0) is 88.4. The average Bonchev–Trinajstić information content (AvgIpc) is 0.743. The number of guanidine groups is 7. The summed E-state index contributed by atoms with van der Waals surface area (Å²) in [7, 11) is 9.08. The van der Waals surface area contributed by atoms with Gasteiger partial charge in [0.2, 0.25) is 52.6 Å². The van der Waals surface area contributed by atoms with Gasteiger partial charge in [-0.3, -0.25) is 81.0 Å². The highest BCUT2D eigenvalue weighted by atomic mass is 16.4. The molecule has 45 heteroatoms. The number of carboxylic acid groups (broad SMARTS) is 1. The lowest BCUT2D eigenvalue weighted by atomic mass is 9.89. The van der Waals surface area contributed by atoms with E-state index in [-0.39, 0.29) is 178 Å². The van der Waals surface area contributed by atoms with E-state index in [1.165, 1.54) is 19.2 Å². The number of carbonyl (C=O) groups is 10. The third kappa shape index (κ3) is 35.2. The van der Waals surface area contributed by atoms with Crippen molar-refractivity contribution >= 4 is 118 Å². The normalized spacial score (nSPS) is 12.9. The minimum atomic E-state index is -1.56. The Bertz CT molecular complexity index is 4260. The van der Waals surface area contributed by atoms with E-state index >= 15 is 0 Å². The van der Waals surface area contributed by atoms with Gasteiger partial charge in [-0.15, -0.1) is 0 Å². The van der Waals surface area contributed by atoms with Gasteiger partial charge in [-0.05, 0) is 152 Å². The minimum Gasteiger partial charge on any atom is -0.478 e. The van der Waals surface area contributed by atoms with Crippen LogP contribution in [-0.2, 0) is 38.4 Å². The zero-order valence-corrected chi connectivity index (χ0v) is 67.9. The molecule has 654 valence electrons. The molecule has 0 radical (unpaired) electrons. The van der Waals surface area contributed by atoms with Gasteiger partial charge in [0.05, 0.1) is 17.7 Å². The number of fused-ring (bicyclic) bond motifs is 2. The second kappa shape index (κ2) is 50.7. The van der Waals surface area contributed by atoms with Crippen molar-refractivity contribution in [1.29, 1.82) is 37.9 Å². The highest BCUT2D eigenvalue weighted by Crippen LogP contribution is 2.42. The largest absolute Gasteiger partial charge is 0.478 e. The molecule has 2 aliphatic rings. The summed E-state index contributed by atoms with van der Waals surface area (Å²) >= 11 is 0. The fourth-order valence-electron chi connectivity index (χ4n) is 12.5. The summed E-state index contributed by atoms with van der Waals surface area (Å²) in [6.07, 6.45) is 0.446. The first kappa shape index (κ1) is 97.8. The molecule has 0 spiro atoms. The number of amides is 9. The maximum Gasteiger partial charge on any atom is 0.336 e. The van der Waals surface area contributed by atoms with Crippen LogP contribution in [0.4, 0.5) is 5.69 Å². The average molecular weight is 1670 g/mol. The molecule has 2 aromatic rings. The van der Waals surface area contributed by atoms with Gasteiger partial charge in [0.1, 0.15) is 67.7 Å². The highest BCUT2D eigenvalue weighted by molar-refractivity contribution is 6.09. The fourth-order valence-corrected chi connectivity index (χ4v) is 12.5. The monoisotopic (exact) mass is 1660 g/mol. The Kier molecular flexibility index (Phi) is 41.7. The van der Waals surface area contributed by atoms with E-state index in [0.29, 0.717) is 39.8 Å². The Hall–Kier alpha value is -13.5. The molecule has 0 aromatic heterocycles. The van der Waals surface area contributed by atoms with Crippen LogP contribution in [0.15, 0.2) is 59.0 Å². The van der Waals surface area contributed by atoms with Crippen LogP contribution in [0.1, 0.15) is 130 Å². The van der Waals surface area contributed by atoms with Crippen molar-refractivity contribution < 1.29 is 57.5 Å². The number of carbonyl (C=O) groups excluding carboxylic acids is 9. The number of benzene rings is 3. The van der Waals surface area contributed by atoms with E-state index in [0.717, 1.165) is 11.0 Å². The van der Waals surface area contributed by atoms with Gasteiger partial charge in [-0.1, -0.05) is 6.07 Å². The number of hydrogen-bond donors (Lipinski definition) is 32. The van der Waals surface area contributed by atoms with Gasteiger partial charge in [-0.25, -0.2) is 9.37 Å². The first-order valence-corrected chi connectivity index (χ1v) is 38.9. The quantitative estimate of drug-likeness (QED) is 0.00644. The van der Waals surface area contributed by atoms with Crippen molar-refractivity contribution in [2.24, 2.45) is 45.9 Å². The number of hydrogen-bond acceptors (Lipinski definition) is 20. The number of nitrogens with zero attached hydrogens (tertiary/aromatic N) is 2. The summed E-state index contributed by atoms with van der Waals surface area (Å²) in [5.41, 5.74) is 47.4. The van der Waals surface area contributed by atoms with Crippen LogP contribution in [0.5, 0.6) is 0 Å². The molecule has 119 heavy (non-hydrogen) atoms. The lowest BCUT2D eigenvalue weighted by molar-refractivity contribution is -0.136. The Labute approximate surface area is 689 Å². The predicted molar refractivity (Wildman–Crippen MR) is 452 cm³/mol. The fraction of sp³-hybridized carbons (Fsp3) is 0.514. The number of aromatic carboxylic acids is 1. The molecule has 45 nitrogen and oxygen atoms in total. The molecule has 0 saturated carbocycles. The lowest BCUT2D eigenvalue weighted by Crippen LogP contribution is -2.60. The summed E-state index contributed by atoms with van der Waals surface area (Å²) < 4.78 is 8.35. The highest BCUT2D eigenvalue weighted by Gasteiger charge is 2.36. The summed E-state index contributed by atoms with van der Waals surface area (Å²) in [6, 6.07) is 4.51. The van der Waals surface area contributed by atoms with E-state index in [4.69, 9.17) is 88.2 Å². The van der Waals surface area contributed by atoms with Crippen molar-refractivity contribution in [3.8, 4) is 22.5 Å². The molecule has 0 fully saturated rings. The Morgan fingerprint density at radius 3 is 1.03 bits per heavy atom. The summed E-state index contributed by atoms with van der Waals surface area (Å²) in [5.74, 6) is -11.2. The lowest BCUT2D eigenvalue weighted by Gasteiger charge is -2.28. The molecule has 1 aliphatic carbocycles. The van der Waals surface area contributed by atoms with Gasteiger partial charge >= 0.3 is 5.97 Å². The molecular formula is C74H122N33O12+. The number of anilines is 1. The number of primary amides is 1. The topological polar surface area (TPSA) is 778 Å². The maximum absolute atomic E-state index is 14.9. The van der Waals surface area contributed by atoms with Gasteiger partial charge in [0, 0.05) is 106 Å². The van der Waals surface area contributed by atoms with Crippen molar-refractivity contribution in [2.45, 2.75) is 157 Å². The molecule has 2 aromatic carbocycles. The van der Waals surface area contributed by atoms with E-state index < -0.39 is 137 Å². The summed E-state index contributed by atoms with van der Waals surface area (Å²) in [6.45, 7) is 0.443. The molecule has 9 amide bonds. The van der Waals surface area contributed by atoms with Gasteiger partial charge in [0.25, 0.3) is 5.91 Å². The number of nitrogens with one attached hydrogen (secondary N) is 23. The van der Waals surface area contributed by atoms with Crippen LogP contribution in [0.25, 0.3) is 33.4 Å². The van der Waals surface area contributed by atoms with Gasteiger partial charge < -0.3 is 145 Å². The van der Waals surface area contributed by atoms with Crippen LogP contribution >= 0.6 is 0 Å². The first-order chi connectivity index (χ1) is 56.4. The molecule has 1 aliphatic heterocycles. The third-order valence-electron chi connectivity index (χ3n) is 18.7. The van der Waals surface area contributed by atoms with Crippen molar-refractivity contribution in [3.05, 3.63) is 71.1 Å². The minimum absolute atomic E-state index is 0.000568.